The van der Waals surface area contributed by atoms with Crippen molar-refractivity contribution >= 4 is 9.05 Å². The van der Waals surface area contributed by atoms with Crippen LogP contribution in [-0.2, 0) is 0 Å². The first kappa shape index (κ1) is 59.2. The summed E-state index contributed by atoms with van der Waals surface area (Å²) < 4.78 is 0. The van der Waals surface area contributed by atoms with Crippen LogP contribution in [0.4, 0.5) is 0 Å². The van der Waals surface area contributed by atoms with Gasteiger partial charge in [-0.15, -0.1) is 0 Å². The first-order valence-electron chi connectivity index (χ1n) is 0.816. The van der Waals surface area contributed by atoms with Crippen LogP contribution < -0.4 is 48.7 Å². The third-order valence-electron chi connectivity index (χ3n) is 0. The van der Waals surface area contributed by atoms with Crippen molar-refractivity contribution in [3.05, 3.63) is 0 Å². The van der Waals surface area contributed by atoms with Crippen LogP contribution in [0.5, 0.6) is 0 Å². The molecular formula is H10NaO9Si-3. The molecule has 0 aliphatic carbocycles. The summed E-state index contributed by atoms with van der Waals surface area (Å²) in [6, 6.07) is 0. The van der Waals surface area contributed by atoms with Crippen LogP contribution in [0.15, 0.2) is 0 Å². The van der Waals surface area contributed by atoms with E-state index in [1.165, 1.54) is 0 Å². The fourth-order valence-corrected chi connectivity index (χ4v) is 0. The SMILES string of the molecule is O.O.O.O.O.[Na+].[O-][Si]([O-])([O-])[O-]. The van der Waals surface area contributed by atoms with E-state index in [4.69, 9.17) is 19.2 Å². The van der Waals surface area contributed by atoms with E-state index >= 15 is 0 Å². The Hall–Kier alpha value is 0.857. The molecule has 0 rings (SSSR count). The third-order valence-corrected chi connectivity index (χ3v) is 0. The summed E-state index contributed by atoms with van der Waals surface area (Å²) in [5.74, 6) is 0. The van der Waals surface area contributed by atoms with Crippen LogP contribution in [0.1, 0.15) is 0 Å². The van der Waals surface area contributed by atoms with Gasteiger partial charge in [0.1, 0.15) is 0 Å². The van der Waals surface area contributed by atoms with Crippen LogP contribution in [0.3, 0.4) is 0 Å². The fraction of sp³-hybridized carbons (Fsp3) is 0. The first-order valence-corrected chi connectivity index (χ1v) is 2.45. The molecule has 0 bridgehead atoms. The Morgan fingerprint density at radius 2 is 0.545 bits per heavy atom. The number of rotatable bonds is 0. The summed E-state index contributed by atoms with van der Waals surface area (Å²) in [5, 5.41) is 0. The summed E-state index contributed by atoms with van der Waals surface area (Å²) in [7, 11) is -5.61. The third kappa shape index (κ3) is 1160. The molecule has 0 spiro atoms. The van der Waals surface area contributed by atoms with Gasteiger partial charge in [-0.25, -0.2) is 0 Å². The quantitative estimate of drug-likeness (QED) is 0.348. The molecule has 9 nitrogen and oxygen atoms in total. The number of hydrogen-bond acceptors (Lipinski definition) is 4. The topological polar surface area (TPSA) is 250 Å². The van der Waals surface area contributed by atoms with Gasteiger partial charge in [0.25, 0.3) is 0 Å². The van der Waals surface area contributed by atoms with Gasteiger partial charge in [-0.1, -0.05) is 0 Å². The van der Waals surface area contributed by atoms with Crippen LogP contribution in [-0.4, -0.2) is 36.4 Å². The van der Waals surface area contributed by atoms with E-state index in [0.29, 0.717) is 0 Å². The molecule has 0 aromatic heterocycles. The minimum Gasteiger partial charge on any atom is -0.894 e. The van der Waals surface area contributed by atoms with Crippen LogP contribution in [0.25, 0.3) is 0 Å². The average molecular weight is 205 g/mol. The Labute approximate surface area is 85.2 Å². The molecule has 0 saturated carbocycles. The summed E-state index contributed by atoms with van der Waals surface area (Å²) in [6.45, 7) is 0. The zero-order valence-electron chi connectivity index (χ0n) is 5.63. The smallest absolute Gasteiger partial charge is 0.894 e. The first-order chi connectivity index (χ1) is 2.00. The van der Waals surface area contributed by atoms with E-state index in [0.717, 1.165) is 0 Å². The Bertz CT molecular complexity index is 25.0. The molecule has 0 aliphatic rings. The summed E-state index contributed by atoms with van der Waals surface area (Å²) in [4.78, 5) is 34.3. The molecule has 0 heterocycles. The molecule has 0 radical (unpaired) electrons. The van der Waals surface area contributed by atoms with Crippen molar-refractivity contribution < 1.29 is 76.1 Å². The minimum absolute atomic E-state index is 0. The molecule has 0 atom stereocenters. The molecular weight excluding hydrogens is 195 g/mol. The average Bonchev–Trinajstić information content (AvgIpc) is 0.722. The van der Waals surface area contributed by atoms with E-state index in [1.807, 2.05) is 0 Å². The second kappa shape index (κ2) is 22.4. The van der Waals surface area contributed by atoms with Gasteiger partial charge in [-0.05, 0) is 0 Å². The molecule has 11 heavy (non-hydrogen) atoms. The van der Waals surface area contributed by atoms with E-state index in [9.17, 15) is 0 Å². The van der Waals surface area contributed by atoms with Gasteiger partial charge in [0.05, 0.1) is 0 Å². The molecule has 10 N–H and O–H groups in total. The molecule has 0 amide bonds. The van der Waals surface area contributed by atoms with Crippen LogP contribution in [0.2, 0.25) is 0 Å². The Morgan fingerprint density at radius 3 is 0.545 bits per heavy atom. The zero-order valence-corrected chi connectivity index (χ0v) is 8.63. The maximum Gasteiger partial charge on any atom is 1.00 e. The number of hydrogen-bond donors (Lipinski definition) is 0. The van der Waals surface area contributed by atoms with Crippen molar-refractivity contribution in [2.45, 2.75) is 0 Å². The van der Waals surface area contributed by atoms with E-state index in [1.54, 1.807) is 0 Å². The standard InChI is InChI=1S/Na.O4Si.5H2O/c;1-5(2,3)4;;;;;/h;;5*1H2/q+1;-4;;;;;. The predicted octanol–water partition coefficient (Wildman–Crippen LogP) is -12.3. The minimum atomic E-state index is -5.61. The largest absolute Gasteiger partial charge is 1.00 e. The Kier molecular flexibility index (Phi) is 121. The second-order valence-corrected chi connectivity index (χ2v) is 1.50. The summed E-state index contributed by atoms with van der Waals surface area (Å²) in [5.41, 5.74) is 0. The van der Waals surface area contributed by atoms with Gasteiger partial charge in [0, 0.05) is 0 Å². The van der Waals surface area contributed by atoms with Crippen molar-refractivity contribution in [3.8, 4) is 0 Å². The monoisotopic (exact) mass is 205 g/mol. The van der Waals surface area contributed by atoms with Crippen molar-refractivity contribution in [2.75, 3.05) is 0 Å². The maximum absolute atomic E-state index is 8.58. The van der Waals surface area contributed by atoms with Crippen LogP contribution in [0, 0.1) is 0 Å². The van der Waals surface area contributed by atoms with Crippen LogP contribution >= 0.6 is 0 Å². The van der Waals surface area contributed by atoms with Gasteiger partial charge in [0.15, 0.2) is 0 Å². The Balaban J connectivity index is -0.00000000533. The Morgan fingerprint density at radius 1 is 0.545 bits per heavy atom. The van der Waals surface area contributed by atoms with Crippen molar-refractivity contribution in [1.29, 1.82) is 0 Å². The second-order valence-electron chi connectivity index (χ2n) is 0.500. The van der Waals surface area contributed by atoms with Gasteiger partial charge in [-0.3, -0.25) is 0 Å². The molecule has 11 heteroatoms. The van der Waals surface area contributed by atoms with Crippen molar-refractivity contribution in [3.63, 3.8) is 0 Å². The molecule has 0 saturated heterocycles. The molecule has 0 fully saturated rings. The van der Waals surface area contributed by atoms with E-state index in [-0.39, 0.29) is 56.9 Å². The molecule has 0 unspecified atom stereocenters. The van der Waals surface area contributed by atoms with Gasteiger partial charge in [-0.2, -0.15) is 0 Å². The maximum atomic E-state index is 8.58. The summed E-state index contributed by atoms with van der Waals surface area (Å²) >= 11 is 0. The molecule has 0 aromatic rings. The van der Waals surface area contributed by atoms with Gasteiger partial charge in [0.2, 0.25) is 0 Å². The summed E-state index contributed by atoms with van der Waals surface area (Å²) in [6.07, 6.45) is 0. The molecule has 0 aromatic carbocycles. The fourth-order valence-electron chi connectivity index (χ4n) is 0. The van der Waals surface area contributed by atoms with Gasteiger partial charge < -0.3 is 55.6 Å². The zero-order chi connectivity index (χ0) is 4.50. The van der Waals surface area contributed by atoms with Crippen molar-refractivity contribution in [2.24, 2.45) is 0 Å². The van der Waals surface area contributed by atoms with Crippen molar-refractivity contribution in [1.82, 2.24) is 0 Å². The molecule has 72 valence electrons. The molecule has 0 aliphatic heterocycles. The van der Waals surface area contributed by atoms with E-state index < -0.39 is 9.05 Å². The van der Waals surface area contributed by atoms with Gasteiger partial charge >= 0.3 is 29.6 Å². The van der Waals surface area contributed by atoms with E-state index in [2.05, 4.69) is 0 Å². The predicted molar refractivity (Wildman–Crippen MR) is 23.8 cm³/mol. The normalized spacial score (nSPS) is 5.45.